The van der Waals surface area contributed by atoms with Crippen LogP contribution >= 0.6 is 45.7 Å². The van der Waals surface area contributed by atoms with Crippen molar-refractivity contribution < 1.29 is 52.8 Å². The number of hydrogen-bond acceptors (Lipinski definition) is 11. The Bertz CT molecular complexity index is 1160. The van der Waals surface area contributed by atoms with Crippen molar-refractivity contribution in [3.63, 3.8) is 0 Å². The third-order valence-electron chi connectivity index (χ3n) is 9.91. The van der Waals surface area contributed by atoms with E-state index in [-0.39, 0.29) is 107 Å². The van der Waals surface area contributed by atoms with Gasteiger partial charge in [-0.3, -0.25) is 27.5 Å². The van der Waals surface area contributed by atoms with Gasteiger partial charge < -0.3 is 45.3 Å². The summed E-state index contributed by atoms with van der Waals surface area (Å²) in [6, 6.07) is -1.36. The van der Waals surface area contributed by atoms with Crippen molar-refractivity contribution in [1.82, 2.24) is 28.3 Å². The third kappa shape index (κ3) is 40.8. The van der Waals surface area contributed by atoms with Crippen molar-refractivity contribution in [3.8, 4) is 0 Å². The lowest BCUT2D eigenvalue weighted by molar-refractivity contribution is -0.142. The maximum Gasteiger partial charge on any atom is 0.326 e. The van der Waals surface area contributed by atoms with Crippen molar-refractivity contribution in [2.75, 3.05) is 72.5 Å². The van der Waals surface area contributed by atoms with Gasteiger partial charge in [-0.05, 0) is 32.1 Å². The molecule has 62 heavy (non-hydrogen) atoms. The van der Waals surface area contributed by atoms with Gasteiger partial charge in [-0.15, -0.1) is 0 Å². The summed E-state index contributed by atoms with van der Waals surface area (Å²) in [4.78, 5) is 71.8. The Morgan fingerprint density at radius 3 is 1.34 bits per heavy atom. The van der Waals surface area contributed by atoms with E-state index in [9.17, 15) is 33.9 Å². The first-order valence-electron chi connectivity index (χ1n) is 23.0. The monoisotopic (exact) mass is 1110 g/mol. The van der Waals surface area contributed by atoms with E-state index in [1.54, 1.807) is 0 Å². The Labute approximate surface area is 399 Å². The van der Waals surface area contributed by atoms with Crippen LogP contribution in [0.1, 0.15) is 155 Å². The molecule has 0 aromatic rings. The van der Waals surface area contributed by atoms with Crippen LogP contribution in [-0.2, 0) is 47.7 Å². The van der Waals surface area contributed by atoms with E-state index in [0.29, 0.717) is 39.3 Å². The zero-order valence-electron chi connectivity index (χ0n) is 37.5. The lowest BCUT2D eigenvalue weighted by Gasteiger charge is -2.14. The average Bonchev–Trinajstić information content (AvgIpc) is 3.26. The molecule has 0 aliphatic rings. The number of carbonyl (C=O) groups excluding carboxylic acids is 5. The van der Waals surface area contributed by atoms with Gasteiger partial charge in [0.1, 0.15) is 6.04 Å². The molecule has 19 heteroatoms. The summed E-state index contributed by atoms with van der Waals surface area (Å²) in [6.45, 7) is 5.70. The molecule has 0 aromatic carbocycles. The van der Waals surface area contributed by atoms with Crippen molar-refractivity contribution in [1.29, 1.82) is 0 Å². The minimum absolute atomic E-state index is 0.00312. The van der Waals surface area contributed by atoms with Gasteiger partial charge in [-0.25, -0.2) is 8.32 Å². The fourth-order valence-corrected chi connectivity index (χ4v) is 7.19. The molecule has 0 aliphatic carbocycles. The number of rotatable bonds is 46. The van der Waals surface area contributed by atoms with Gasteiger partial charge in [-0.1, -0.05) is 96.8 Å². The van der Waals surface area contributed by atoms with Crippen LogP contribution < -0.4 is 28.3 Å². The molecule has 0 saturated heterocycles. The van der Waals surface area contributed by atoms with Gasteiger partial charge in [-0.2, -0.15) is 0 Å². The Balaban J connectivity index is 3.63. The standard InChI is InChI=1S/C43H80I2N6O11/c1-2-3-4-5-6-7-8-9-10-11-12-13-14-15-16-20-41(55)49-37(43(57)58)21-22-38(52)47-26-30-61-34-33-60-29-24-40(54)48-27-31-62-35-32-59-28-23-39(53)46-25-18-17-19-36(50-44)42(56)51-45/h36-37,50H,2-35H2,1H3,(H,46,53)(H,47,52)(H,48,54)(H,49,55)(H,51,56)(H,57,58). The SMILES string of the molecule is CCCCCCCCCCCCCCCCCC(=O)NC(CCC(=O)NCCOCCOCCC(=O)NCCOCCOCCC(=O)NCCCCC(NI)C(=O)NI)C(=O)O. The van der Waals surface area contributed by atoms with Gasteiger partial charge in [0.15, 0.2) is 0 Å². The van der Waals surface area contributed by atoms with Gasteiger partial charge in [0.05, 0.1) is 81.8 Å². The van der Waals surface area contributed by atoms with Gasteiger partial charge in [0.2, 0.25) is 29.5 Å². The van der Waals surface area contributed by atoms with Crippen molar-refractivity contribution in [2.45, 2.75) is 167 Å². The number of carbonyl (C=O) groups is 6. The van der Waals surface area contributed by atoms with E-state index in [1.807, 2.05) is 45.7 Å². The molecular weight excluding hydrogens is 1030 g/mol. The number of unbranched alkanes of at least 4 members (excludes halogenated alkanes) is 15. The van der Waals surface area contributed by atoms with E-state index < -0.39 is 12.0 Å². The first-order valence-corrected chi connectivity index (χ1v) is 25.2. The molecule has 0 aromatic heterocycles. The van der Waals surface area contributed by atoms with E-state index in [0.717, 1.165) is 32.1 Å². The van der Waals surface area contributed by atoms with Crippen molar-refractivity contribution >= 4 is 81.2 Å². The first-order chi connectivity index (χ1) is 30.1. The topological polar surface area (TPSA) is 232 Å². The average molecular weight is 1110 g/mol. The third-order valence-corrected chi connectivity index (χ3v) is 11.2. The molecule has 7 N–H and O–H groups in total. The normalized spacial score (nSPS) is 12.0. The number of carboxylic acids is 1. The fourth-order valence-electron chi connectivity index (χ4n) is 6.22. The maximum absolute atomic E-state index is 12.3. The molecule has 0 fully saturated rings. The van der Waals surface area contributed by atoms with Gasteiger partial charge in [0.25, 0.3) is 0 Å². The number of nitrogens with one attached hydrogen (secondary N) is 6. The van der Waals surface area contributed by atoms with Crippen LogP contribution in [0.25, 0.3) is 0 Å². The second-order valence-electron chi connectivity index (χ2n) is 15.3. The van der Waals surface area contributed by atoms with E-state index in [2.05, 4.69) is 35.3 Å². The first kappa shape index (κ1) is 60.1. The summed E-state index contributed by atoms with van der Waals surface area (Å²) < 4.78 is 27.3. The molecule has 0 heterocycles. The van der Waals surface area contributed by atoms with Gasteiger partial charge in [0, 0.05) is 68.2 Å². The second-order valence-corrected chi connectivity index (χ2v) is 16.5. The Kier molecular flexibility index (Phi) is 44.2. The highest BCUT2D eigenvalue weighted by atomic mass is 127. The van der Waals surface area contributed by atoms with Crippen LogP contribution in [0.4, 0.5) is 0 Å². The largest absolute Gasteiger partial charge is 0.480 e. The number of ether oxygens (including phenoxy) is 4. The fraction of sp³-hybridized carbons (Fsp3) is 0.860. The highest BCUT2D eigenvalue weighted by Gasteiger charge is 2.21. The summed E-state index contributed by atoms with van der Waals surface area (Å²) in [6.07, 6.45) is 21.5. The molecule has 0 saturated carbocycles. The molecule has 5 amide bonds. The molecule has 0 bridgehead atoms. The van der Waals surface area contributed by atoms with Crippen molar-refractivity contribution in [3.05, 3.63) is 0 Å². The number of aliphatic carboxylic acids is 1. The molecular formula is C43H80I2N6O11. The van der Waals surface area contributed by atoms with Gasteiger partial charge >= 0.3 is 5.97 Å². The summed E-state index contributed by atoms with van der Waals surface area (Å²) in [5, 5.41) is 20.4. The Morgan fingerprint density at radius 2 is 0.887 bits per heavy atom. The highest BCUT2D eigenvalue weighted by Crippen LogP contribution is 2.14. The predicted octanol–water partition coefficient (Wildman–Crippen LogP) is 5.74. The maximum atomic E-state index is 12.3. The molecule has 0 aliphatic heterocycles. The van der Waals surface area contributed by atoms with Crippen LogP contribution in [0.2, 0.25) is 0 Å². The quantitative estimate of drug-likeness (QED) is 0.0220. The summed E-state index contributed by atoms with van der Waals surface area (Å²) in [5.74, 6) is -2.10. The molecule has 2 unspecified atom stereocenters. The Morgan fingerprint density at radius 1 is 0.452 bits per heavy atom. The van der Waals surface area contributed by atoms with E-state index in [4.69, 9.17) is 18.9 Å². The zero-order chi connectivity index (χ0) is 45.7. The lowest BCUT2D eigenvalue weighted by atomic mass is 10.0. The predicted molar refractivity (Wildman–Crippen MR) is 257 cm³/mol. The van der Waals surface area contributed by atoms with Crippen LogP contribution in [0.5, 0.6) is 0 Å². The minimum atomic E-state index is -1.16. The molecule has 362 valence electrons. The summed E-state index contributed by atoms with van der Waals surface area (Å²) in [7, 11) is 0. The lowest BCUT2D eigenvalue weighted by Crippen LogP contribution is -2.41. The second kappa shape index (κ2) is 45.6. The van der Waals surface area contributed by atoms with Crippen molar-refractivity contribution in [2.24, 2.45) is 0 Å². The highest BCUT2D eigenvalue weighted by molar-refractivity contribution is 14.1. The van der Waals surface area contributed by atoms with Crippen LogP contribution in [0, 0.1) is 0 Å². The van der Waals surface area contributed by atoms with Crippen LogP contribution in [0.3, 0.4) is 0 Å². The van der Waals surface area contributed by atoms with Crippen LogP contribution in [-0.4, -0.2) is 125 Å². The molecule has 2 atom stereocenters. The number of halogens is 2. The molecule has 17 nitrogen and oxygen atoms in total. The molecule has 0 spiro atoms. The number of amides is 5. The summed E-state index contributed by atoms with van der Waals surface area (Å²) in [5.41, 5.74) is 0. The zero-order valence-corrected chi connectivity index (χ0v) is 41.8. The number of carboxylic acid groups (broad SMARTS) is 1. The molecule has 0 radical (unpaired) electrons. The minimum Gasteiger partial charge on any atom is -0.480 e. The van der Waals surface area contributed by atoms with E-state index >= 15 is 0 Å². The molecule has 0 rings (SSSR count). The summed E-state index contributed by atoms with van der Waals surface area (Å²) >= 11 is 3.78. The Hall–Kier alpha value is -1.92. The number of hydrogen-bond donors (Lipinski definition) is 7. The van der Waals surface area contributed by atoms with Crippen LogP contribution in [0.15, 0.2) is 0 Å². The van der Waals surface area contributed by atoms with E-state index in [1.165, 1.54) is 77.0 Å². The smallest absolute Gasteiger partial charge is 0.326 e.